The lowest BCUT2D eigenvalue weighted by molar-refractivity contribution is -0.135. The minimum atomic E-state index is -1.13. The highest BCUT2D eigenvalue weighted by molar-refractivity contribution is 5.98. The maximum atomic E-state index is 11.6. The van der Waals surface area contributed by atoms with E-state index in [1.165, 1.54) is 6.07 Å². The molecule has 5 heteroatoms. The van der Waals surface area contributed by atoms with Crippen molar-refractivity contribution in [1.29, 1.82) is 0 Å². The van der Waals surface area contributed by atoms with E-state index in [-0.39, 0.29) is 5.56 Å². The highest BCUT2D eigenvalue weighted by Gasteiger charge is 2.10. The molecule has 0 radical (unpaired) electrons. The average Bonchev–Trinajstić information content (AvgIpc) is 2.33. The molecular formula is C12H9NO4. The first-order valence-corrected chi connectivity index (χ1v) is 4.69. The second kappa shape index (κ2) is 6.08. The summed E-state index contributed by atoms with van der Waals surface area (Å²) in [5, 5.41) is 10.7. The normalized spacial score (nSPS) is 8.71. The number of carboxylic acid groups (broad SMARTS) is 1. The second-order valence-electron chi connectivity index (χ2n) is 3.01. The lowest BCUT2D eigenvalue weighted by atomic mass is 10.1. The van der Waals surface area contributed by atoms with Gasteiger partial charge >= 0.3 is 5.97 Å². The van der Waals surface area contributed by atoms with Gasteiger partial charge in [0.25, 0.3) is 5.91 Å². The first-order valence-electron chi connectivity index (χ1n) is 4.69. The van der Waals surface area contributed by atoms with E-state index in [0.29, 0.717) is 11.8 Å². The third-order valence-electron chi connectivity index (χ3n) is 1.84. The molecule has 1 amide bonds. The molecule has 1 aromatic rings. The van der Waals surface area contributed by atoms with Gasteiger partial charge in [0.1, 0.15) is 6.54 Å². The van der Waals surface area contributed by atoms with E-state index in [1.54, 1.807) is 18.2 Å². The van der Waals surface area contributed by atoms with Crippen LogP contribution in [0.4, 0.5) is 0 Å². The number of nitrogens with one attached hydrogen (secondary N) is 1. The number of carboxylic acids is 1. The summed E-state index contributed by atoms with van der Waals surface area (Å²) in [6.45, 7) is -0.464. The van der Waals surface area contributed by atoms with Gasteiger partial charge in [-0.15, -0.1) is 0 Å². The van der Waals surface area contributed by atoms with Gasteiger partial charge in [-0.2, -0.15) is 0 Å². The molecule has 1 rings (SSSR count). The quantitative estimate of drug-likeness (QED) is 0.568. The fourth-order valence-electron chi connectivity index (χ4n) is 1.15. The molecule has 0 aliphatic carbocycles. The molecule has 0 fully saturated rings. The van der Waals surface area contributed by atoms with Crippen LogP contribution in [0.3, 0.4) is 0 Å². The first-order chi connectivity index (χ1) is 8.15. The summed E-state index contributed by atoms with van der Waals surface area (Å²) in [7, 11) is 0. The molecule has 0 heterocycles. The molecule has 0 bridgehead atoms. The third-order valence-corrected chi connectivity index (χ3v) is 1.84. The number of hydrogen-bond acceptors (Lipinski definition) is 3. The largest absolute Gasteiger partial charge is 0.480 e. The van der Waals surface area contributed by atoms with Crippen LogP contribution < -0.4 is 5.32 Å². The molecule has 0 aromatic heterocycles. The van der Waals surface area contributed by atoms with E-state index in [9.17, 15) is 14.4 Å². The summed E-state index contributed by atoms with van der Waals surface area (Å²) in [6.07, 6.45) is 0.423. The number of rotatable bonds is 3. The fourth-order valence-corrected chi connectivity index (χ4v) is 1.15. The molecule has 0 saturated carbocycles. The Labute approximate surface area is 97.4 Å². The molecule has 0 spiro atoms. The zero-order valence-electron chi connectivity index (χ0n) is 8.77. The van der Waals surface area contributed by atoms with Crippen LogP contribution in [0.1, 0.15) is 15.9 Å². The summed E-state index contributed by atoms with van der Waals surface area (Å²) < 4.78 is 0. The summed E-state index contributed by atoms with van der Waals surface area (Å²) >= 11 is 0. The molecule has 5 nitrogen and oxygen atoms in total. The van der Waals surface area contributed by atoms with Gasteiger partial charge in [0, 0.05) is 5.56 Å². The zero-order chi connectivity index (χ0) is 12.7. The van der Waals surface area contributed by atoms with Crippen LogP contribution >= 0.6 is 0 Å². The molecule has 0 aliphatic heterocycles. The number of hydrogen-bond donors (Lipinski definition) is 2. The molecule has 0 unspecified atom stereocenters. The van der Waals surface area contributed by atoms with E-state index in [2.05, 4.69) is 17.2 Å². The Kier molecular flexibility index (Phi) is 4.45. The van der Waals surface area contributed by atoms with Crippen LogP contribution in [-0.2, 0) is 9.59 Å². The molecule has 0 aliphatic rings. The lowest BCUT2D eigenvalue weighted by Crippen LogP contribution is -2.29. The standard InChI is InChI=1S/C12H9NO4/c14-7-3-5-9-4-1-2-6-10(9)12(17)13-8-11(15)16/h1-2,4,6-7H,8H2,(H,13,17)(H,15,16). The van der Waals surface area contributed by atoms with Crippen molar-refractivity contribution in [3.8, 4) is 11.8 Å². The molecule has 86 valence electrons. The van der Waals surface area contributed by atoms with Crippen LogP contribution in [0.5, 0.6) is 0 Å². The van der Waals surface area contributed by atoms with Crippen molar-refractivity contribution in [2.75, 3.05) is 6.54 Å². The highest BCUT2D eigenvalue weighted by atomic mass is 16.4. The van der Waals surface area contributed by atoms with Crippen LogP contribution in [-0.4, -0.2) is 29.8 Å². The van der Waals surface area contributed by atoms with Crippen molar-refractivity contribution in [3.05, 3.63) is 35.4 Å². The Hall–Kier alpha value is -2.61. The Morgan fingerprint density at radius 2 is 2.06 bits per heavy atom. The summed E-state index contributed by atoms with van der Waals surface area (Å²) in [4.78, 5) is 32.0. The zero-order valence-corrected chi connectivity index (χ0v) is 8.77. The van der Waals surface area contributed by atoms with E-state index >= 15 is 0 Å². The Bertz CT molecular complexity index is 511. The Morgan fingerprint density at radius 3 is 2.71 bits per heavy atom. The van der Waals surface area contributed by atoms with Crippen molar-refractivity contribution in [1.82, 2.24) is 5.32 Å². The molecule has 1 aromatic carbocycles. The van der Waals surface area contributed by atoms with Crippen LogP contribution in [0.15, 0.2) is 24.3 Å². The molecule has 0 saturated heterocycles. The van der Waals surface area contributed by atoms with E-state index in [0.717, 1.165) is 0 Å². The maximum absolute atomic E-state index is 11.6. The van der Waals surface area contributed by atoms with Crippen LogP contribution in [0.2, 0.25) is 0 Å². The summed E-state index contributed by atoms with van der Waals surface area (Å²) in [5.41, 5.74) is 0.616. The monoisotopic (exact) mass is 231 g/mol. The lowest BCUT2D eigenvalue weighted by Gasteiger charge is -2.04. The number of aliphatic carboxylic acids is 1. The Balaban J connectivity index is 2.92. The number of amides is 1. The summed E-state index contributed by atoms with van der Waals surface area (Å²) in [6, 6.07) is 6.38. The number of aldehydes is 1. The SMILES string of the molecule is O=CC#Cc1ccccc1C(=O)NCC(=O)O. The second-order valence-corrected chi connectivity index (χ2v) is 3.01. The predicted octanol–water partition coefficient (Wildman–Crippen LogP) is 0.0514. The van der Waals surface area contributed by atoms with Crippen molar-refractivity contribution >= 4 is 18.2 Å². The molecule has 0 atom stereocenters. The van der Waals surface area contributed by atoms with Gasteiger partial charge in [0.05, 0.1) is 5.56 Å². The van der Waals surface area contributed by atoms with Crippen LogP contribution in [0.25, 0.3) is 0 Å². The van der Waals surface area contributed by atoms with E-state index in [1.807, 2.05) is 0 Å². The fraction of sp³-hybridized carbons (Fsp3) is 0.0833. The maximum Gasteiger partial charge on any atom is 0.322 e. The molecule has 2 N–H and O–H groups in total. The van der Waals surface area contributed by atoms with Crippen molar-refractivity contribution in [2.45, 2.75) is 0 Å². The van der Waals surface area contributed by atoms with E-state index < -0.39 is 18.4 Å². The Morgan fingerprint density at radius 1 is 1.35 bits per heavy atom. The highest BCUT2D eigenvalue weighted by Crippen LogP contribution is 2.06. The first kappa shape index (κ1) is 12.5. The van der Waals surface area contributed by atoms with Crippen LogP contribution in [0, 0.1) is 11.8 Å². The number of carbonyl (C=O) groups excluding carboxylic acids is 2. The van der Waals surface area contributed by atoms with Gasteiger partial charge in [0.15, 0.2) is 6.29 Å². The van der Waals surface area contributed by atoms with Crippen molar-refractivity contribution in [3.63, 3.8) is 0 Å². The minimum absolute atomic E-state index is 0.239. The minimum Gasteiger partial charge on any atom is -0.480 e. The average molecular weight is 231 g/mol. The van der Waals surface area contributed by atoms with Gasteiger partial charge in [0.2, 0.25) is 0 Å². The number of benzene rings is 1. The van der Waals surface area contributed by atoms with Gasteiger partial charge in [-0.25, -0.2) is 0 Å². The van der Waals surface area contributed by atoms with Crippen molar-refractivity contribution in [2.24, 2.45) is 0 Å². The number of carbonyl (C=O) groups is 3. The summed E-state index contributed by atoms with van der Waals surface area (Å²) in [5.74, 6) is 3.03. The van der Waals surface area contributed by atoms with Gasteiger partial charge in [-0.05, 0) is 18.1 Å². The third kappa shape index (κ3) is 3.80. The van der Waals surface area contributed by atoms with Crippen molar-refractivity contribution < 1.29 is 19.5 Å². The van der Waals surface area contributed by atoms with Gasteiger partial charge < -0.3 is 10.4 Å². The predicted molar refractivity (Wildman–Crippen MR) is 59.4 cm³/mol. The smallest absolute Gasteiger partial charge is 0.322 e. The van der Waals surface area contributed by atoms with Gasteiger partial charge in [-0.3, -0.25) is 14.4 Å². The van der Waals surface area contributed by atoms with E-state index in [4.69, 9.17) is 5.11 Å². The molecule has 17 heavy (non-hydrogen) atoms. The van der Waals surface area contributed by atoms with Gasteiger partial charge in [-0.1, -0.05) is 18.1 Å². The topological polar surface area (TPSA) is 83.5 Å². The molecular weight excluding hydrogens is 222 g/mol.